The molecular weight excluding hydrogens is 329 g/mol. The molecule has 0 atom stereocenters. The summed E-state index contributed by atoms with van der Waals surface area (Å²) in [5, 5.41) is 0. The summed E-state index contributed by atoms with van der Waals surface area (Å²) in [5.74, 6) is 0. The second-order valence-electron chi connectivity index (χ2n) is 2.61. The van der Waals surface area contributed by atoms with Crippen LogP contribution in [0.4, 0.5) is 0 Å². The van der Waals surface area contributed by atoms with Crippen molar-refractivity contribution in [2.24, 2.45) is 0 Å². The molecule has 0 spiro atoms. The molecule has 2 heteroatoms. The van der Waals surface area contributed by atoms with Crippen LogP contribution in [0.15, 0.2) is 9.87 Å². The van der Waals surface area contributed by atoms with Gasteiger partial charge in [0.2, 0.25) is 0 Å². The summed E-state index contributed by atoms with van der Waals surface area (Å²) in [6, 6.07) is 0. The van der Waals surface area contributed by atoms with E-state index in [4.69, 9.17) is 9.19 Å². The molecule has 0 amide bonds. The molecule has 0 aromatic rings. The topological polar surface area (TPSA) is 0 Å². The number of rotatable bonds is 1. The quantitative estimate of drug-likeness (QED) is 0.641. The fourth-order valence-corrected chi connectivity index (χ4v) is 3.09. The molecule has 0 bridgehead atoms. The van der Waals surface area contributed by atoms with E-state index in [1.807, 2.05) is 0 Å². The van der Waals surface area contributed by atoms with E-state index in [2.05, 4.69) is 6.08 Å². The van der Waals surface area contributed by atoms with Crippen LogP contribution < -0.4 is 0 Å². The Morgan fingerprint density at radius 3 is 2.80 bits per heavy atom. The van der Waals surface area contributed by atoms with E-state index in [9.17, 15) is 0 Å². The summed E-state index contributed by atoms with van der Waals surface area (Å²) in [6.07, 6.45) is 10.5. The van der Waals surface area contributed by atoms with Gasteiger partial charge in [0.1, 0.15) is 0 Å². The van der Waals surface area contributed by atoms with Crippen LogP contribution in [0.3, 0.4) is 0 Å². The van der Waals surface area contributed by atoms with Gasteiger partial charge >= 0.3 is 76.3 Å². The maximum atomic E-state index is 5.84. The monoisotopic (exact) mass is 341 g/mol. The van der Waals surface area contributed by atoms with Crippen molar-refractivity contribution in [2.75, 3.05) is 0 Å². The Kier molecular flexibility index (Phi) is 4.81. The Morgan fingerprint density at radius 1 is 1.20 bits per heavy atom. The third-order valence-electron chi connectivity index (χ3n) is 1.77. The zero-order valence-electron chi connectivity index (χ0n) is 6.00. The van der Waals surface area contributed by atoms with E-state index in [1.165, 1.54) is 38.5 Å². The van der Waals surface area contributed by atoms with Gasteiger partial charge in [0.05, 0.1) is 0 Å². The normalized spacial score (nSPS) is 21.5. The van der Waals surface area contributed by atoms with E-state index >= 15 is 0 Å². The first-order valence-electron chi connectivity index (χ1n) is 3.82. The van der Waals surface area contributed by atoms with E-state index in [0.717, 1.165) is 0 Å². The Hall–Kier alpha value is 0.770. The molecule has 1 aliphatic rings. The van der Waals surface area contributed by atoms with Gasteiger partial charge in [-0.25, -0.2) is 0 Å². The molecule has 0 unspecified atom stereocenters. The molecule has 0 aromatic heterocycles. The first kappa shape index (κ1) is 8.86. The van der Waals surface area contributed by atoms with E-state index in [0.29, 0.717) is 0 Å². The standard InChI is InChI=1S/C8H13.Au.ClH/c1-2-4-6-8-7-5-3-1;;/h1H,2,4-8H2;;1H/q;+1;/p-1. The summed E-state index contributed by atoms with van der Waals surface area (Å²) < 4.78 is 1.56. The SMILES string of the molecule is [Cl][Au][C]1=CCCCCCC1. The summed E-state index contributed by atoms with van der Waals surface area (Å²) in [6.45, 7) is 0. The van der Waals surface area contributed by atoms with Gasteiger partial charge in [-0.2, -0.15) is 0 Å². The van der Waals surface area contributed by atoms with E-state index in [1.54, 1.807) is 3.79 Å². The Balaban J connectivity index is 2.35. The van der Waals surface area contributed by atoms with Crippen molar-refractivity contribution in [1.29, 1.82) is 0 Å². The Labute approximate surface area is 76.2 Å². The molecule has 0 fully saturated rings. The van der Waals surface area contributed by atoms with Crippen LogP contribution >= 0.6 is 9.19 Å². The summed E-state index contributed by atoms with van der Waals surface area (Å²) in [7, 11) is 5.84. The molecular formula is C8H13AuCl. The van der Waals surface area contributed by atoms with Crippen LogP contribution in [0.25, 0.3) is 0 Å². The van der Waals surface area contributed by atoms with Crippen molar-refractivity contribution >= 4 is 9.19 Å². The van der Waals surface area contributed by atoms with Crippen molar-refractivity contribution in [3.05, 3.63) is 9.87 Å². The van der Waals surface area contributed by atoms with Crippen LogP contribution in [0.5, 0.6) is 0 Å². The molecule has 63 valence electrons. The number of hydrogen-bond donors (Lipinski definition) is 0. The zero-order chi connectivity index (χ0) is 7.23. The van der Waals surface area contributed by atoms with Crippen molar-refractivity contribution < 1.29 is 18.7 Å². The third-order valence-corrected chi connectivity index (χ3v) is 4.48. The van der Waals surface area contributed by atoms with Gasteiger partial charge in [0.25, 0.3) is 0 Å². The third kappa shape index (κ3) is 3.25. The van der Waals surface area contributed by atoms with Crippen molar-refractivity contribution in [3.63, 3.8) is 0 Å². The minimum absolute atomic E-state index is 0.0103. The first-order chi connectivity index (χ1) is 4.93. The van der Waals surface area contributed by atoms with Gasteiger partial charge in [-0.1, -0.05) is 0 Å². The van der Waals surface area contributed by atoms with Gasteiger partial charge in [0, 0.05) is 0 Å². The van der Waals surface area contributed by atoms with Gasteiger partial charge < -0.3 is 0 Å². The first-order valence-corrected chi connectivity index (χ1v) is 7.58. The van der Waals surface area contributed by atoms with Crippen molar-refractivity contribution in [3.8, 4) is 0 Å². The Bertz CT molecular complexity index is 120. The molecule has 0 heterocycles. The second-order valence-corrected chi connectivity index (χ2v) is 5.35. The van der Waals surface area contributed by atoms with Gasteiger partial charge in [-0.05, 0) is 0 Å². The number of allylic oxidation sites excluding steroid dienone is 2. The molecule has 10 heavy (non-hydrogen) atoms. The second kappa shape index (κ2) is 5.42. The molecule has 0 nitrogen and oxygen atoms in total. The molecule has 0 saturated carbocycles. The molecule has 0 radical (unpaired) electrons. The average molecular weight is 342 g/mol. The number of hydrogen-bond acceptors (Lipinski definition) is 0. The fraction of sp³-hybridized carbons (Fsp3) is 0.750. The predicted octanol–water partition coefficient (Wildman–Crippen LogP) is 3.46. The molecule has 1 aliphatic carbocycles. The minimum atomic E-state index is -0.0103. The van der Waals surface area contributed by atoms with Crippen LogP contribution in [0.1, 0.15) is 38.5 Å². The summed E-state index contributed by atoms with van der Waals surface area (Å²) >= 11 is -0.0103. The van der Waals surface area contributed by atoms with Gasteiger partial charge in [-0.3, -0.25) is 0 Å². The van der Waals surface area contributed by atoms with Gasteiger partial charge in [-0.15, -0.1) is 0 Å². The fourth-order valence-electron chi connectivity index (χ4n) is 1.18. The van der Waals surface area contributed by atoms with Crippen molar-refractivity contribution in [2.45, 2.75) is 38.5 Å². The van der Waals surface area contributed by atoms with E-state index < -0.39 is 0 Å². The van der Waals surface area contributed by atoms with Crippen molar-refractivity contribution in [1.82, 2.24) is 0 Å². The van der Waals surface area contributed by atoms with Crippen LogP contribution in [-0.2, 0) is 18.7 Å². The molecule has 0 aliphatic heterocycles. The average Bonchev–Trinajstić information content (AvgIpc) is 1.87. The summed E-state index contributed by atoms with van der Waals surface area (Å²) in [5.41, 5.74) is 0. The predicted molar refractivity (Wildman–Crippen MR) is 41.6 cm³/mol. The zero-order valence-corrected chi connectivity index (χ0v) is 8.92. The molecule has 0 saturated heterocycles. The molecule has 0 N–H and O–H groups in total. The molecule has 0 aromatic carbocycles. The maximum absolute atomic E-state index is 5.84. The summed E-state index contributed by atoms with van der Waals surface area (Å²) in [4.78, 5) is 0. The number of halogens is 1. The van der Waals surface area contributed by atoms with E-state index in [-0.39, 0.29) is 18.7 Å². The Morgan fingerprint density at radius 2 is 2.00 bits per heavy atom. The van der Waals surface area contributed by atoms with Crippen LogP contribution in [0, 0.1) is 0 Å². The van der Waals surface area contributed by atoms with Crippen LogP contribution in [0.2, 0.25) is 0 Å². The van der Waals surface area contributed by atoms with Gasteiger partial charge in [0.15, 0.2) is 0 Å². The van der Waals surface area contributed by atoms with Crippen LogP contribution in [-0.4, -0.2) is 0 Å². The molecule has 1 rings (SSSR count).